The van der Waals surface area contributed by atoms with E-state index in [4.69, 9.17) is 12.2 Å². The predicted octanol–water partition coefficient (Wildman–Crippen LogP) is 3.53. The fourth-order valence-corrected chi connectivity index (χ4v) is 1.61. The normalized spacial score (nSPS) is 10.6. The Hall–Kier alpha value is -1.69. The molecule has 0 aliphatic rings. The molecule has 1 aromatic heterocycles. The van der Waals surface area contributed by atoms with Crippen LogP contribution in [0.25, 0.3) is 11.3 Å². The van der Waals surface area contributed by atoms with Crippen LogP contribution in [0.5, 0.6) is 0 Å². The summed E-state index contributed by atoms with van der Waals surface area (Å²) in [6, 6.07) is 2.02. The monoisotopic (exact) mass is 256 g/mol. The fraction of sp³-hybridized carbons (Fsp3) is 0.0909. The molecular formula is C11H7F3N2S. The minimum Gasteiger partial charge on any atom is -0.330 e. The number of aryl methyl sites for hydroxylation is 1. The van der Waals surface area contributed by atoms with E-state index in [-0.39, 0.29) is 10.3 Å². The Morgan fingerprint density at radius 2 is 1.88 bits per heavy atom. The van der Waals surface area contributed by atoms with Gasteiger partial charge in [-0.05, 0) is 36.8 Å². The molecule has 0 aliphatic heterocycles. The van der Waals surface area contributed by atoms with Gasteiger partial charge < -0.3 is 4.98 Å². The second-order valence-corrected chi connectivity index (χ2v) is 3.86. The molecule has 2 aromatic rings. The first-order valence-corrected chi connectivity index (χ1v) is 5.11. The van der Waals surface area contributed by atoms with E-state index in [9.17, 15) is 13.2 Å². The van der Waals surface area contributed by atoms with Crippen LogP contribution in [0.15, 0.2) is 18.3 Å². The van der Waals surface area contributed by atoms with Gasteiger partial charge in [0.15, 0.2) is 22.2 Å². The van der Waals surface area contributed by atoms with Crippen LogP contribution < -0.4 is 0 Å². The Kier molecular flexibility index (Phi) is 2.97. The van der Waals surface area contributed by atoms with E-state index < -0.39 is 17.5 Å². The third-order valence-electron chi connectivity index (χ3n) is 2.31. The van der Waals surface area contributed by atoms with E-state index >= 15 is 0 Å². The van der Waals surface area contributed by atoms with Crippen molar-refractivity contribution in [2.24, 2.45) is 0 Å². The van der Waals surface area contributed by atoms with Crippen molar-refractivity contribution in [1.82, 2.24) is 9.97 Å². The van der Waals surface area contributed by atoms with E-state index in [1.165, 1.54) is 6.20 Å². The molecule has 6 heteroatoms. The summed E-state index contributed by atoms with van der Waals surface area (Å²) in [5.74, 6) is -3.97. The maximum atomic E-state index is 13.6. The molecule has 1 heterocycles. The zero-order valence-electron chi connectivity index (χ0n) is 8.72. The second-order valence-electron chi connectivity index (χ2n) is 3.47. The number of H-pyrrole nitrogens is 1. The Bertz CT molecular complexity index is 637. The average molecular weight is 256 g/mol. The second kappa shape index (κ2) is 4.29. The van der Waals surface area contributed by atoms with Crippen molar-refractivity contribution < 1.29 is 13.2 Å². The topological polar surface area (TPSA) is 28.7 Å². The van der Waals surface area contributed by atoms with Crippen molar-refractivity contribution >= 4 is 12.2 Å². The van der Waals surface area contributed by atoms with Gasteiger partial charge >= 0.3 is 0 Å². The first-order chi connectivity index (χ1) is 8.00. The first-order valence-electron chi connectivity index (χ1n) is 4.70. The van der Waals surface area contributed by atoms with Gasteiger partial charge in [0.2, 0.25) is 0 Å². The van der Waals surface area contributed by atoms with Gasteiger partial charge in [-0.15, -0.1) is 0 Å². The molecule has 2 rings (SSSR count). The zero-order valence-corrected chi connectivity index (χ0v) is 9.54. The molecule has 0 amide bonds. The van der Waals surface area contributed by atoms with Crippen LogP contribution in [0.3, 0.4) is 0 Å². The minimum absolute atomic E-state index is 0.0742. The molecule has 0 aliphatic carbocycles. The summed E-state index contributed by atoms with van der Waals surface area (Å²) < 4.78 is 39.6. The number of aromatic amines is 1. The summed E-state index contributed by atoms with van der Waals surface area (Å²) in [4.78, 5) is 6.46. The summed E-state index contributed by atoms with van der Waals surface area (Å²) in [6.45, 7) is 1.66. The quantitative estimate of drug-likeness (QED) is 0.624. The lowest BCUT2D eigenvalue weighted by molar-refractivity contribution is 0.448. The summed E-state index contributed by atoms with van der Waals surface area (Å²) in [5, 5.41) is 0. The van der Waals surface area contributed by atoms with Crippen LogP contribution in [0.2, 0.25) is 0 Å². The number of halogens is 3. The largest absolute Gasteiger partial charge is 0.330 e. The molecule has 0 bridgehead atoms. The summed E-state index contributed by atoms with van der Waals surface area (Å²) in [7, 11) is 0. The van der Waals surface area contributed by atoms with Gasteiger partial charge in [0.1, 0.15) is 0 Å². The van der Waals surface area contributed by atoms with Gasteiger partial charge in [-0.2, -0.15) is 0 Å². The van der Waals surface area contributed by atoms with Crippen LogP contribution in [0.4, 0.5) is 13.2 Å². The first kappa shape index (κ1) is 11.8. The minimum atomic E-state index is -1.50. The number of nitrogens with zero attached hydrogens (tertiary/aromatic N) is 1. The van der Waals surface area contributed by atoms with Gasteiger partial charge in [0.25, 0.3) is 0 Å². The predicted molar refractivity (Wildman–Crippen MR) is 59.5 cm³/mol. The van der Waals surface area contributed by atoms with Crippen LogP contribution in [0.1, 0.15) is 5.56 Å². The van der Waals surface area contributed by atoms with E-state index in [1.54, 1.807) is 6.92 Å². The standard InChI is InChI=1S/C11H7F3N2S/c1-5-4-15-11(17)16-10(5)6-2-3-7(12)9(14)8(6)13/h2-4H,1H3,(H,15,16,17). The van der Waals surface area contributed by atoms with Gasteiger partial charge in [0, 0.05) is 11.8 Å². The highest BCUT2D eigenvalue weighted by Gasteiger charge is 2.16. The van der Waals surface area contributed by atoms with E-state index in [0.717, 1.165) is 12.1 Å². The van der Waals surface area contributed by atoms with Gasteiger partial charge in [-0.25, -0.2) is 18.2 Å². The van der Waals surface area contributed by atoms with Crippen LogP contribution in [-0.4, -0.2) is 9.97 Å². The molecule has 0 atom stereocenters. The van der Waals surface area contributed by atoms with Crippen molar-refractivity contribution in [2.45, 2.75) is 6.92 Å². The highest BCUT2D eigenvalue weighted by molar-refractivity contribution is 7.71. The van der Waals surface area contributed by atoms with Crippen LogP contribution >= 0.6 is 12.2 Å². The van der Waals surface area contributed by atoms with Crippen molar-refractivity contribution in [3.8, 4) is 11.3 Å². The fourth-order valence-electron chi connectivity index (χ4n) is 1.46. The maximum absolute atomic E-state index is 13.6. The van der Waals surface area contributed by atoms with E-state index in [1.807, 2.05) is 0 Å². The third kappa shape index (κ3) is 2.08. The Morgan fingerprint density at radius 3 is 2.59 bits per heavy atom. The third-order valence-corrected chi connectivity index (χ3v) is 2.51. The highest BCUT2D eigenvalue weighted by atomic mass is 32.1. The maximum Gasteiger partial charge on any atom is 0.197 e. The van der Waals surface area contributed by atoms with Crippen LogP contribution in [-0.2, 0) is 0 Å². The smallest absolute Gasteiger partial charge is 0.197 e. The Labute approximate surface area is 100 Å². The molecule has 0 saturated heterocycles. The molecule has 0 spiro atoms. The molecule has 0 fully saturated rings. The molecule has 2 nitrogen and oxygen atoms in total. The number of aromatic nitrogens is 2. The average Bonchev–Trinajstić information content (AvgIpc) is 2.30. The number of benzene rings is 1. The Balaban J connectivity index is 2.73. The lowest BCUT2D eigenvalue weighted by Crippen LogP contribution is -1.98. The number of nitrogens with one attached hydrogen (secondary N) is 1. The van der Waals surface area contributed by atoms with Crippen molar-refractivity contribution in [1.29, 1.82) is 0 Å². The van der Waals surface area contributed by atoms with Crippen molar-refractivity contribution in [3.63, 3.8) is 0 Å². The SMILES string of the molecule is Cc1cnc(=S)[nH]c1-c1ccc(F)c(F)c1F. The highest BCUT2D eigenvalue weighted by Crippen LogP contribution is 2.26. The molecule has 1 N–H and O–H groups in total. The van der Waals surface area contributed by atoms with E-state index in [0.29, 0.717) is 11.3 Å². The number of hydrogen-bond acceptors (Lipinski definition) is 2. The molecular weight excluding hydrogens is 249 g/mol. The Morgan fingerprint density at radius 1 is 1.18 bits per heavy atom. The van der Waals surface area contributed by atoms with Gasteiger partial charge in [-0.3, -0.25) is 0 Å². The molecule has 0 unspecified atom stereocenters. The van der Waals surface area contributed by atoms with Crippen LogP contribution in [0, 0.1) is 29.1 Å². The number of hydrogen-bond donors (Lipinski definition) is 1. The van der Waals surface area contributed by atoms with E-state index in [2.05, 4.69) is 9.97 Å². The molecule has 88 valence electrons. The number of rotatable bonds is 1. The molecule has 17 heavy (non-hydrogen) atoms. The summed E-state index contributed by atoms with van der Waals surface area (Å²) in [5.41, 5.74) is 0.805. The molecule has 1 aromatic carbocycles. The molecule has 0 radical (unpaired) electrons. The summed E-state index contributed by atoms with van der Waals surface area (Å²) in [6.07, 6.45) is 1.44. The lowest BCUT2D eigenvalue weighted by Gasteiger charge is -2.07. The van der Waals surface area contributed by atoms with Gasteiger partial charge in [-0.1, -0.05) is 0 Å². The lowest BCUT2D eigenvalue weighted by atomic mass is 10.1. The van der Waals surface area contributed by atoms with Crippen molar-refractivity contribution in [2.75, 3.05) is 0 Å². The zero-order chi connectivity index (χ0) is 12.6. The summed E-state index contributed by atoms with van der Waals surface area (Å²) >= 11 is 4.80. The van der Waals surface area contributed by atoms with Gasteiger partial charge in [0.05, 0.1) is 5.69 Å². The molecule has 0 saturated carbocycles. The van der Waals surface area contributed by atoms with Crippen molar-refractivity contribution in [3.05, 3.63) is 46.1 Å².